The number of thiazole rings is 1. The van der Waals surface area contributed by atoms with Crippen molar-refractivity contribution < 1.29 is 19.1 Å². The first kappa shape index (κ1) is 27.5. The number of Topliss-reactive ketones (excluding diaryl/α,β-unsaturated/α-hetero) is 1. The number of benzene rings is 3. The van der Waals surface area contributed by atoms with Gasteiger partial charge < -0.3 is 15.4 Å². The summed E-state index contributed by atoms with van der Waals surface area (Å²) in [7, 11) is 0. The van der Waals surface area contributed by atoms with Gasteiger partial charge >= 0.3 is 6.09 Å². The first-order chi connectivity index (χ1) is 19.6. The largest absolute Gasteiger partial charge is 0.445 e. The number of carbonyl (C=O) groups excluding carboxylic acids is 3. The number of para-hydroxylation sites is 1. The standard InChI is InChI=1S/C32H33N3O4S/c36-29(31-35-26-14-6-7-16-28(26)40-31)27(34-30(37)25-18-17-23-12-4-5-13-24(23)20-25)15-8-9-19-33-32(38)39-21-22-10-2-1-3-11-22/h1-7,10-14,16,25,27H,8-9,15,17-21H2,(H,33,38)(H,34,37). The number of alkyl carbamates (subject to hydrolysis) is 1. The van der Waals surface area contributed by atoms with Gasteiger partial charge in [-0.2, -0.15) is 0 Å². The van der Waals surface area contributed by atoms with Crippen LogP contribution in [-0.4, -0.2) is 35.4 Å². The fraction of sp³-hybridized carbons (Fsp3) is 0.312. The van der Waals surface area contributed by atoms with Crippen molar-refractivity contribution in [3.8, 4) is 0 Å². The number of nitrogens with one attached hydrogen (secondary N) is 2. The average molecular weight is 556 g/mol. The van der Waals surface area contributed by atoms with Crippen molar-refractivity contribution in [1.82, 2.24) is 15.6 Å². The van der Waals surface area contributed by atoms with E-state index in [1.165, 1.54) is 22.5 Å². The summed E-state index contributed by atoms with van der Waals surface area (Å²) in [6.45, 7) is 0.631. The molecule has 1 aromatic heterocycles. The predicted octanol–water partition coefficient (Wildman–Crippen LogP) is 5.87. The first-order valence-electron chi connectivity index (χ1n) is 13.8. The van der Waals surface area contributed by atoms with Gasteiger partial charge in [0.15, 0.2) is 5.01 Å². The highest BCUT2D eigenvalue weighted by Gasteiger charge is 2.30. The van der Waals surface area contributed by atoms with Gasteiger partial charge in [-0.1, -0.05) is 66.7 Å². The van der Waals surface area contributed by atoms with Crippen molar-refractivity contribution in [2.24, 2.45) is 5.92 Å². The Kier molecular flexibility index (Phi) is 9.18. The van der Waals surface area contributed by atoms with E-state index >= 15 is 0 Å². The summed E-state index contributed by atoms with van der Waals surface area (Å²) in [5, 5.41) is 6.23. The van der Waals surface area contributed by atoms with E-state index < -0.39 is 12.1 Å². The van der Waals surface area contributed by atoms with Gasteiger partial charge in [0.2, 0.25) is 11.7 Å². The molecular weight excluding hydrogens is 522 g/mol. The quantitative estimate of drug-likeness (QED) is 0.178. The molecule has 0 fully saturated rings. The lowest BCUT2D eigenvalue weighted by atomic mass is 9.83. The molecule has 7 nitrogen and oxygen atoms in total. The second-order valence-electron chi connectivity index (χ2n) is 10.1. The minimum absolute atomic E-state index is 0.0865. The molecule has 0 bridgehead atoms. The molecule has 3 aromatic carbocycles. The number of ether oxygens (including phenoxy) is 1. The second-order valence-corrected chi connectivity index (χ2v) is 11.1. The number of nitrogens with zero attached hydrogens (tertiary/aromatic N) is 1. The molecule has 4 aromatic rings. The number of aromatic nitrogens is 1. The number of ketones is 1. The maximum absolute atomic E-state index is 13.6. The Morgan fingerprint density at radius 1 is 0.925 bits per heavy atom. The highest BCUT2D eigenvalue weighted by Crippen LogP contribution is 2.27. The monoisotopic (exact) mass is 555 g/mol. The van der Waals surface area contributed by atoms with Crippen LogP contribution >= 0.6 is 11.3 Å². The Bertz CT molecular complexity index is 1440. The molecule has 0 spiro atoms. The predicted molar refractivity (Wildman–Crippen MR) is 156 cm³/mol. The van der Waals surface area contributed by atoms with Crippen molar-refractivity contribution in [2.75, 3.05) is 6.54 Å². The number of fused-ring (bicyclic) bond motifs is 2. The van der Waals surface area contributed by atoms with Crippen LogP contribution in [0.3, 0.4) is 0 Å². The van der Waals surface area contributed by atoms with Gasteiger partial charge in [-0.05, 0) is 67.3 Å². The third kappa shape index (κ3) is 7.12. The highest BCUT2D eigenvalue weighted by atomic mass is 32.1. The molecule has 2 amide bonds. The fourth-order valence-electron chi connectivity index (χ4n) is 5.04. The zero-order valence-corrected chi connectivity index (χ0v) is 23.1. The molecule has 1 aliphatic rings. The lowest BCUT2D eigenvalue weighted by Crippen LogP contribution is -2.45. The third-order valence-electron chi connectivity index (χ3n) is 7.26. The van der Waals surface area contributed by atoms with Gasteiger partial charge in [0.25, 0.3) is 0 Å². The minimum atomic E-state index is -0.671. The molecule has 1 heterocycles. The lowest BCUT2D eigenvalue weighted by Gasteiger charge is -2.26. The van der Waals surface area contributed by atoms with Crippen molar-refractivity contribution in [3.05, 3.63) is 101 Å². The van der Waals surface area contributed by atoms with Crippen molar-refractivity contribution in [1.29, 1.82) is 0 Å². The van der Waals surface area contributed by atoms with E-state index in [9.17, 15) is 14.4 Å². The number of hydrogen-bond donors (Lipinski definition) is 2. The zero-order chi connectivity index (χ0) is 27.7. The maximum Gasteiger partial charge on any atom is 0.407 e. The van der Waals surface area contributed by atoms with E-state index in [2.05, 4.69) is 27.8 Å². The summed E-state index contributed by atoms with van der Waals surface area (Å²) < 4.78 is 6.20. The van der Waals surface area contributed by atoms with Crippen molar-refractivity contribution in [2.45, 2.75) is 51.2 Å². The van der Waals surface area contributed by atoms with Gasteiger partial charge in [0.1, 0.15) is 6.61 Å². The molecule has 206 valence electrons. The van der Waals surface area contributed by atoms with Crippen molar-refractivity contribution >= 4 is 39.3 Å². The molecule has 0 saturated heterocycles. The van der Waals surface area contributed by atoms with Crippen LogP contribution in [0.5, 0.6) is 0 Å². The van der Waals surface area contributed by atoms with Crippen LogP contribution in [0.15, 0.2) is 78.9 Å². The van der Waals surface area contributed by atoms with Crippen LogP contribution in [-0.2, 0) is 29.0 Å². The number of hydrogen-bond acceptors (Lipinski definition) is 6. The van der Waals surface area contributed by atoms with E-state index in [1.807, 2.05) is 66.7 Å². The molecule has 2 unspecified atom stereocenters. The van der Waals surface area contributed by atoms with Gasteiger partial charge in [-0.3, -0.25) is 9.59 Å². The summed E-state index contributed by atoms with van der Waals surface area (Å²) in [6, 6.07) is 24.7. The summed E-state index contributed by atoms with van der Waals surface area (Å²) >= 11 is 1.35. The van der Waals surface area contributed by atoms with Crippen LogP contribution in [0, 0.1) is 5.92 Å². The average Bonchev–Trinajstić information content (AvgIpc) is 3.43. The van der Waals surface area contributed by atoms with Gasteiger partial charge in [0.05, 0.1) is 16.3 Å². The fourth-order valence-corrected chi connectivity index (χ4v) is 6.00. The SMILES string of the molecule is O=C(NCCCCC(NC(=O)C1CCc2ccccc2C1)C(=O)c1nc2ccccc2s1)OCc1ccccc1. The lowest BCUT2D eigenvalue weighted by molar-refractivity contribution is -0.125. The first-order valence-corrected chi connectivity index (χ1v) is 14.6. The molecule has 0 aliphatic heterocycles. The second kappa shape index (κ2) is 13.3. The summed E-state index contributed by atoms with van der Waals surface area (Å²) in [4.78, 5) is 43.5. The number of aryl methyl sites for hydroxylation is 1. The van der Waals surface area contributed by atoms with E-state index in [4.69, 9.17) is 4.74 Å². The number of rotatable bonds is 11. The Hall–Kier alpha value is -4.04. The van der Waals surface area contributed by atoms with E-state index in [1.54, 1.807) is 0 Å². The Morgan fingerprint density at radius 2 is 1.68 bits per heavy atom. The molecule has 2 N–H and O–H groups in total. The van der Waals surface area contributed by atoms with Crippen molar-refractivity contribution in [3.63, 3.8) is 0 Å². The van der Waals surface area contributed by atoms with E-state index in [0.29, 0.717) is 37.2 Å². The summed E-state index contributed by atoms with van der Waals surface area (Å²) in [5.41, 5.74) is 4.20. The smallest absolute Gasteiger partial charge is 0.407 e. The van der Waals surface area contributed by atoms with Gasteiger partial charge in [-0.15, -0.1) is 11.3 Å². The van der Waals surface area contributed by atoms with Crippen LogP contribution in [0.4, 0.5) is 4.79 Å². The number of amides is 2. The normalized spacial score (nSPS) is 15.2. The molecule has 0 saturated carbocycles. The highest BCUT2D eigenvalue weighted by molar-refractivity contribution is 7.20. The molecular formula is C32H33N3O4S. The van der Waals surface area contributed by atoms with Gasteiger partial charge in [-0.25, -0.2) is 9.78 Å². The minimum Gasteiger partial charge on any atom is -0.445 e. The van der Waals surface area contributed by atoms with Crippen LogP contribution in [0.2, 0.25) is 0 Å². The third-order valence-corrected chi connectivity index (χ3v) is 8.31. The molecule has 5 rings (SSSR count). The van der Waals surface area contributed by atoms with Crippen LogP contribution < -0.4 is 10.6 Å². The van der Waals surface area contributed by atoms with Crippen LogP contribution in [0.1, 0.15) is 52.2 Å². The molecule has 1 aliphatic carbocycles. The summed E-state index contributed by atoms with van der Waals surface area (Å²) in [5.74, 6) is -0.417. The number of carbonyl (C=O) groups is 3. The maximum atomic E-state index is 13.6. The molecule has 2 atom stereocenters. The Labute approximate surface area is 238 Å². The van der Waals surface area contributed by atoms with E-state index in [0.717, 1.165) is 28.6 Å². The Balaban J connectivity index is 1.17. The van der Waals surface area contributed by atoms with Crippen LogP contribution in [0.25, 0.3) is 10.2 Å². The number of unbranched alkanes of at least 4 members (excludes halogenated alkanes) is 1. The Morgan fingerprint density at radius 3 is 2.50 bits per heavy atom. The molecule has 40 heavy (non-hydrogen) atoms. The zero-order valence-electron chi connectivity index (χ0n) is 22.3. The van der Waals surface area contributed by atoms with E-state index in [-0.39, 0.29) is 24.2 Å². The topological polar surface area (TPSA) is 97.4 Å². The molecule has 8 heteroatoms. The molecule has 0 radical (unpaired) electrons. The summed E-state index contributed by atoms with van der Waals surface area (Å²) in [6.07, 6.45) is 3.59. The van der Waals surface area contributed by atoms with Gasteiger partial charge in [0, 0.05) is 12.5 Å².